The number of carbonyl (C=O) groups is 1. The summed E-state index contributed by atoms with van der Waals surface area (Å²) in [6.07, 6.45) is 2.95. The predicted molar refractivity (Wildman–Crippen MR) is 87.8 cm³/mol. The van der Waals surface area contributed by atoms with Crippen LogP contribution in [0.3, 0.4) is 0 Å². The summed E-state index contributed by atoms with van der Waals surface area (Å²) < 4.78 is 11.8. The van der Waals surface area contributed by atoms with Crippen LogP contribution in [0.15, 0.2) is 12.1 Å². The molecule has 1 aliphatic heterocycles. The minimum absolute atomic E-state index is 0.212. The average molecular weight is 318 g/mol. The normalized spacial score (nSPS) is 31.7. The molecule has 0 bridgehead atoms. The van der Waals surface area contributed by atoms with E-state index in [9.17, 15) is 9.90 Å². The lowest BCUT2D eigenvalue weighted by molar-refractivity contribution is -0.138. The van der Waals surface area contributed by atoms with Gasteiger partial charge in [-0.2, -0.15) is 0 Å². The Morgan fingerprint density at radius 2 is 2.13 bits per heavy atom. The first-order chi connectivity index (χ1) is 10.8. The third kappa shape index (κ3) is 2.58. The van der Waals surface area contributed by atoms with E-state index in [1.165, 1.54) is 0 Å². The van der Waals surface area contributed by atoms with E-state index in [0.717, 1.165) is 42.4 Å². The minimum Gasteiger partial charge on any atom is -0.487 e. The minimum atomic E-state index is -0.321. The lowest BCUT2D eigenvalue weighted by Crippen LogP contribution is -2.58. The summed E-state index contributed by atoms with van der Waals surface area (Å²) in [5.74, 6) is 1.08. The molecule has 126 valence electrons. The molecule has 0 unspecified atom stereocenters. The molecule has 1 saturated carbocycles. The van der Waals surface area contributed by atoms with Gasteiger partial charge in [0.1, 0.15) is 17.6 Å². The molecule has 0 radical (unpaired) electrons. The van der Waals surface area contributed by atoms with Crippen molar-refractivity contribution in [3.63, 3.8) is 0 Å². The van der Waals surface area contributed by atoms with E-state index < -0.39 is 0 Å². The number of fused-ring (bicyclic) bond motifs is 2. The van der Waals surface area contributed by atoms with E-state index in [2.05, 4.69) is 20.8 Å². The summed E-state index contributed by atoms with van der Waals surface area (Å²) in [7, 11) is 1.65. The molecule has 2 aliphatic rings. The first-order valence-electron chi connectivity index (χ1n) is 8.29. The van der Waals surface area contributed by atoms with Crippen molar-refractivity contribution < 1.29 is 19.4 Å². The molecule has 0 spiro atoms. The Balaban J connectivity index is 2.09. The van der Waals surface area contributed by atoms with Crippen molar-refractivity contribution >= 4 is 6.29 Å². The molecule has 0 amide bonds. The van der Waals surface area contributed by atoms with Gasteiger partial charge in [-0.15, -0.1) is 0 Å². The second-order valence-electron chi connectivity index (χ2n) is 7.77. The Bertz CT molecular complexity index is 622. The fourth-order valence-corrected chi connectivity index (χ4v) is 4.44. The van der Waals surface area contributed by atoms with E-state index in [1.807, 2.05) is 12.1 Å². The highest BCUT2D eigenvalue weighted by molar-refractivity contribution is 5.76. The second-order valence-corrected chi connectivity index (χ2v) is 7.77. The number of aliphatic hydroxyl groups excluding tert-OH is 1. The number of aliphatic hydroxyl groups is 1. The van der Waals surface area contributed by atoms with Crippen LogP contribution in [0.25, 0.3) is 0 Å². The molecule has 0 aromatic heterocycles. The SMILES string of the molecule is COCc1cc(C=O)cc2c1O[C@]1(C)CC[C@@H](O)C(C)(C)[C@H]1C2. The van der Waals surface area contributed by atoms with E-state index in [0.29, 0.717) is 12.2 Å². The van der Waals surface area contributed by atoms with Crippen molar-refractivity contribution in [2.75, 3.05) is 7.11 Å². The van der Waals surface area contributed by atoms with Gasteiger partial charge in [0.05, 0.1) is 12.7 Å². The smallest absolute Gasteiger partial charge is 0.150 e. The number of carbonyl (C=O) groups excluding carboxylic acids is 1. The Morgan fingerprint density at radius 1 is 1.39 bits per heavy atom. The second kappa shape index (κ2) is 5.60. The summed E-state index contributed by atoms with van der Waals surface area (Å²) in [6.45, 7) is 6.82. The fourth-order valence-electron chi connectivity index (χ4n) is 4.44. The maximum atomic E-state index is 11.3. The molecule has 1 aliphatic carbocycles. The summed E-state index contributed by atoms with van der Waals surface area (Å²) in [4.78, 5) is 11.3. The van der Waals surface area contributed by atoms with Gasteiger partial charge in [-0.25, -0.2) is 0 Å². The zero-order valence-corrected chi connectivity index (χ0v) is 14.4. The van der Waals surface area contributed by atoms with E-state index in [4.69, 9.17) is 9.47 Å². The molecule has 23 heavy (non-hydrogen) atoms. The van der Waals surface area contributed by atoms with Crippen LogP contribution in [-0.2, 0) is 17.8 Å². The van der Waals surface area contributed by atoms with Crippen LogP contribution in [0.1, 0.15) is 55.1 Å². The molecule has 1 heterocycles. The number of benzene rings is 1. The predicted octanol–water partition coefficient (Wildman–Crippen LogP) is 3.14. The summed E-state index contributed by atoms with van der Waals surface area (Å²) >= 11 is 0. The third-order valence-corrected chi connectivity index (χ3v) is 5.87. The largest absolute Gasteiger partial charge is 0.487 e. The van der Waals surface area contributed by atoms with E-state index >= 15 is 0 Å². The van der Waals surface area contributed by atoms with Crippen molar-refractivity contribution in [3.8, 4) is 5.75 Å². The van der Waals surface area contributed by atoms with Gasteiger partial charge in [0.25, 0.3) is 0 Å². The lowest BCUT2D eigenvalue weighted by atomic mass is 9.57. The lowest BCUT2D eigenvalue weighted by Gasteiger charge is -2.55. The molecule has 3 rings (SSSR count). The number of ether oxygens (including phenoxy) is 2. The van der Waals surface area contributed by atoms with Crippen LogP contribution < -0.4 is 4.74 Å². The highest BCUT2D eigenvalue weighted by atomic mass is 16.5. The zero-order chi connectivity index (χ0) is 16.8. The Kier molecular flexibility index (Phi) is 4.01. The first kappa shape index (κ1) is 16.5. The van der Waals surface area contributed by atoms with Crippen molar-refractivity contribution in [2.24, 2.45) is 11.3 Å². The van der Waals surface area contributed by atoms with Gasteiger partial charge in [-0.3, -0.25) is 4.79 Å². The van der Waals surface area contributed by atoms with Gasteiger partial charge in [0, 0.05) is 24.2 Å². The number of hydrogen-bond acceptors (Lipinski definition) is 4. The first-order valence-corrected chi connectivity index (χ1v) is 8.29. The maximum absolute atomic E-state index is 11.3. The Labute approximate surface area is 137 Å². The van der Waals surface area contributed by atoms with Crippen molar-refractivity contribution in [2.45, 2.75) is 58.3 Å². The standard InChI is InChI=1S/C19H26O4/c1-18(2)15-9-13-7-12(10-20)8-14(11-22-4)17(13)23-19(15,3)6-5-16(18)21/h7-8,10,15-16,21H,5-6,9,11H2,1-4H3/t15-,16-,19-/m1/s1. The molecule has 1 N–H and O–H groups in total. The monoisotopic (exact) mass is 318 g/mol. The highest BCUT2D eigenvalue weighted by Gasteiger charge is 2.54. The van der Waals surface area contributed by atoms with E-state index in [1.54, 1.807) is 7.11 Å². The Hall–Kier alpha value is -1.39. The molecule has 4 nitrogen and oxygen atoms in total. The quantitative estimate of drug-likeness (QED) is 0.870. The molecular formula is C19H26O4. The average Bonchev–Trinajstić information content (AvgIpc) is 2.51. The Morgan fingerprint density at radius 3 is 2.78 bits per heavy atom. The van der Waals surface area contributed by atoms with Gasteiger partial charge in [-0.05, 0) is 49.3 Å². The van der Waals surface area contributed by atoms with Gasteiger partial charge >= 0.3 is 0 Å². The van der Waals surface area contributed by atoms with Gasteiger partial charge < -0.3 is 14.6 Å². The zero-order valence-electron chi connectivity index (χ0n) is 14.4. The number of hydrogen-bond donors (Lipinski definition) is 1. The van der Waals surface area contributed by atoms with Crippen molar-refractivity contribution in [1.82, 2.24) is 0 Å². The topological polar surface area (TPSA) is 55.8 Å². The van der Waals surface area contributed by atoms with Crippen LogP contribution in [0.5, 0.6) is 5.75 Å². The molecule has 0 saturated heterocycles. The fraction of sp³-hybridized carbons (Fsp3) is 0.632. The highest BCUT2D eigenvalue weighted by Crippen LogP contribution is 2.53. The van der Waals surface area contributed by atoms with Crippen LogP contribution >= 0.6 is 0 Å². The molecular weight excluding hydrogens is 292 g/mol. The number of methoxy groups -OCH3 is 1. The summed E-state index contributed by atoms with van der Waals surface area (Å²) in [5.41, 5.74) is 2.11. The van der Waals surface area contributed by atoms with Crippen LogP contribution in [0.4, 0.5) is 0 Å². The molecule has 1 fully saturated rings. The van der Waals surface area contributed by atoms with Crippen LogP contribution in [0, 0.1) is 11.3 Å². The van der Waals surface area contributed by atoms with Gasteiger partial charge in [0.2, 0.25) is 0 Å². The van der Waals surface area contributed by atoms with Crippen molar-refractivity contribution in [3.05, 3.63) is 28.8 Å². The maximum Gasteiger partial charge on any atom is 0.150 e. The molecule has 1 aromatic carbocycles. The summed E-state index contributed by atoms with van der Waals surface area (Å²) in [6, 6.07) is 3.76. The number of aldehydes is 1. The number of rotatable bonds is 3. The van der Waals surface area contributed by atoms with Gasteiger partial charge in [-0.1, -0.05) is 13.8 Å². The molecule has 1 aromatic rings. The molecule has 4 heteroatoms. The third-order valence-electron chi connectivity index (χ3n) is 5.87. The van der Waals surface area contributed by atoms with Crippen LogP contribution in [0.2, 0.25) is 0 Å². The van der Waals surface area contributed by atoms with Crippen LogP contribution in [-0.4, -0.2) is 30.2 Å². The van der Waals surface area contributed by atoms with E-state index in [-0.39, 0.29) is 23.0 Å². The van der Waals surface area contributed by atoms with Crippen molar-refractivity contribution in [1.29, 1.82) is 0 Å². The molecule has 3 atom stereocenters. The summed E-state index contributed by atoms with van der Waals surface area (Å²) in [5, 5.41) is 10.4. The van der Waals surface area contributed by atoms with Gasteiger partial charge in [0.15, 0.2) is 0 Å².